The highest BCUT2D eigenvalue weighted by atomic mass is 19.4. The molecule has 1 rings (SSSR count). The highest BCUT2D eigenvalue weighted by molar-refractivity contribution is 5.79. The third kappa shape index (κ3) is 8.62. The number of rotatable bonds is 10. The Morgan fingerprint density at radius 1 is 1.08 bits per heavy atom. The molecular weight excluding hydrogens is 335 g/mol. The average Bonchev–Trinajstić information content (AvgIpc) is 2.59. The van der Waals surface area contributed by atoms with E-state index in [9.17, 15) is 13.2 Å². The van der Waals surface area contributed by atoms with E-state index in [1.807, 2.05) is 6.92 Å². The number of benzene rings is 1. The fraction of sp³-hybridized carbons (Fsp3) is 0.588. The highest BCUT2D eigenvalue weighted by Crippen LogP contribution is 2.35. The molecule has 0 fully saturated rings. The Morgan fingerprint density at radius 3 is 2.48 bits per heavy atom. The maximum Gasteiger partial charge on any atom is 0.419 e. The van der Waals surface area contributed by atoms with Crippen LogP contribution in [0.4, 0.5) is 13.2 Å². The van der Waals surface area contributed by atoms with Crippen LogP contribution < -0.4 is 15.4 Å². The van der Waals surface area contributed by atoms with Crippen LogP contribution in [0.1, 0.15) is 25.3 Å². The number of nitrogens with zero attached hydrogens (tertiary/aromatic N) is 1. The Morgan fingerprint density at radius 2 is 1.80 bits per heavy atom. The van der Waals surface area contributed by atoms with Crippen LogP contribution in [-0.4, -0.2) is 45.9 Å². The highest BCUT2D eigenvalue weighted by Gasteiger charge is 2.33. The first-order chi connectivity index (χ1) is 12.0. The SMILES string of the molecule is CCOCCCCNC(=NC)NCCOc1ccccc1C(F)(F)F. The molecule has 0 bridgehead atoms. The number of para-hydroxylation sites is 1. The van der Waals surface area contributed by atoms with Crippen molar-refractivity contribution in [2.45, 2.75) is 25.9 Å². The van der Waals surface area contributed by atoms with Gasteiger partial charge in [0.25, 0.3) is 0 Å². The average molecular weight is 361 g/mol. The number of unbranched alkanes of at least 4 members (excludes halogenated alkanes) is 1. The predicted octanol–water partition coefficient (Wildman–Crippen LogP) is 3.07. The molecule has 0 saturated carbocycles. The summed E-state index contributed by atoms with van der Waals surface area (Å²) >= 11 is 0. The number of ether oxygens (including phenoxy) is 2. The van der Waals surface area contributed by atoms with Crippen molar-refractivity contribution in [3.05, 3.63) is 29.8 Å². The van der Waals surface area contributed by atoms with E-state index in [-0.39, 0.29) is 12.4 Å². The summed E-state index contributed by atoms with van der Waals surface area (Å²) in [6, 6.07) is 5.17. The van der Waals surface area contributed by atoms with Crippen LogP contribution in [0.2, 0.25) is 0 Å². The largest absolute Gasteiger partial charge is 0.491 e. The molecule has 0 aliphatic heterocycles. The third-order valence-corrected chi connectivity index (χ3v) is 3.28. The second kappa shape index (κ2) is 11.6. The third-order valence-electron chi connectivity index (χ3n) is 3.28. The minimum atomic E-state index is -4.43. The van der Waals surface area contributed by atoms with Crippen LogP contribution in [0.15, 0.2) is 29.3 Å². The zero-order valence-corrected chi connectivity index (χ0v) is 14.7. The molecule has 5 nitrogen and oxygen atoms in total. The summed E-state index contributed by atoms with van der Waals surface area (Å²) in [6.07, 6.45) is -2.53. The van der Waals surface area contributed by atoms with Crippen LogP contribution >= 0.6 is 0 Å². The van der Waals surface area contributed by atoms with Gasteiger partial charge in [0.15, 0.2) is 5.96 Å². The van der Waals surface area contributed by atoms with Gasteiger partial charge in [0.2, 0.25) is 0 Å². The topological polar surface area (TPSA) is 54.9 Å². The Balaban J connectivity index is 2.28. The van der Waals surface area contributed by atoms with Gasteiger partial charge < -0.3 is 20.1 Å². The van der Waals surface area contributed by atoms with Crippen molar-refractivity contribution in [1.82, 2.24) is 10.6 Å². The molecule has 0 aliphatic rings. The van der Waals surface area contributed by atoms with Gasteiger partial charge in [-0.1, -0.05) is 12.1 Å². The number of hydrogen-bond donors (Lipinski definition) is 2. The number of guanidine groups is 1. The quantitative estimate of drug-likeness (QED) is 0.382. The van der Waals surface area contributed by atoms with Gasteiger partial charge in [0, 0.05) is 26.8 Å². The lowest BCUT2D eigenvalue weighted by molar-refractivity contribution is -0.138. The van der Waals surface area contributed by atoms with Gasteiger partial charge in [-0.3, -0.25) is 4.99 Å². The first-order valence-electron chi connectivity index (χ1n) is 8.30. The maximum atomic E-state index is 12.9. The first kappa shape index (κ1) is 21.1. The molecule has 25 heavy (non-hydrogen) atoms. The molecule has 0 heterocycles. The van der Waals surface area contributed by atoms with Crippen molar-refractivity contribution in [3.8, 4) is 5.75 Å². The van der Waals surface area contributed by atoms with E-state index in [0.29, 0.717) is 19.1 Å². The number of hydrogen-bond acceptors (Lipinski definition) is 3. The fourth-order valence-electron chi connectivity index (χ4n) is 2.06. The zero-order valence-electron chi connectivity index (χ0n) is 14.7. The van der Waals surface area contributed by atoms with Gasteiger partial charge in [-0.25, -0.2) is 0 Å². The minimum absolute atomic E-state index is 0.0954. The van der Waals surface area contributed by atoms with Gasteiger partial charge >= 0.3 is 6.18 Å². The van der Waals surface area contributed by atoms with E-state index >= 15 is 0 Å². The van der Waals surface area contributed by atoms with Crippen LogP contribution in [0.5, 0.6) is 5.75 Å². The molecule has 8 heteroatoms. The van der Waals surface area contributed by atoms with Crippen molar-refractivity contribution < 1.29 is 22.6 Å². The Labute approximate surface area is 146 Å². The maximum absolute atomic E-state index is 12.9. The molecule has 0 spiro atoms. The van der Waals surface area contributed by atoms with E-state index < -0.39 is 11.7 Å². The van der Waals surface area contributed by atoms with E-state index in [4.69, 9.17) is 9.47 Å². The van der Waals surface area contributed by atoms with Crippen LogP contribution in [-0.2, 0) is 10.9 Å². The minimum Gasteiger partial charge on any atom is -0.491 e. The monoisotopic (exact) mass is 361 g/mol. The molecule has 1 aromatic carbocycles. The second-order valence-corrected chi connectivity index (χ2v) is 5.17. The number of nitrogens with one attached hydrogen (secondary N) is 2. The van der Waals surface area contributed by atoms with Gasteiger partial charge in [0.1, 0.15) is 12.4 Å². The summed E-state index contributed by atoms with van der Waals surface area (Å²) in [4.78, 5) is 4.05. The molecule has 1 aromatic rings. The summed E-state index contributed by atoms with van der Waals surface area (Å²) in [5.41, 5.74) is -0.771. The number of aliphatic imine (C=N–C) groups is 1. The number of alkyl halides is 3. The van der Waals surface area contributed by atoms with Crippen LogP contribution in [0.25, 0.3) is 0 Å². The van der Waals surface area contributed by atoms with Gasteiger partial charge in [-0.2, -0.15) is 13.2 Å². The van der Waals surface area contributed by atoms with Crippen LogP contribution in [0, 0.1) is 0 Å². The molecule has 0 saturated heterocycles. The Hall–Kier alpha value is -1.96. The lowest BCUT2D eigenvalue weighted by Crippen LogP contribution is -2.39. The van der Waals surface area contributed by atoms with Crippen molar-refractivity contribution >= 4 is 5.96 Å². The first-order valence-corrected chi connectivity index (χ1v) is 8.30. The summed E-state index contributed by atoms with van der Waals surface area (Å²) in [7, 11) is 1.63. The molecule has 0 atom stereocenters. The lowest BCUT2D eigenvalue weighted by Gasteiger charge is -2.15. The van der Waals surface area contributed by atoms with Gasteiger partial charge in [0.05, 0.1) is 12.1 Å². The molecule has 0 aromatic heterocycles. The standard InChI is InChI=1S/C17H26F3N3O2/c1-3-24-12-7-6-10-22-16(21-2)23-11-13-25-15-9-5-4-8-14(15)17(18,19)20/h4-5,8-9H,3,6-7,10-13H2,1-2H3,(H2,21,22,23). The second-order valence-electron chi connectivity index (χ2n) is 5.17. The Bertz CT molecular complexity index is 522. The molecule has 2 N–H and O–H groups in total. The molecule has 0 aliphatic carbocycles. The lowest BCUT2D eigenvalue weighted by atomic mass is 10.2. The summed E-state index contributed by atoms with van der Waals surface area (Å²) in [5, 5.41) is 6.13. The van der Waals surface area contributed by atoms with E-state index in [1.54, 1.807) is 7.05 Å². The predicted molar refractivity (Wildman–Crippen MR) is 92.0 cm³/mol. The van der Waals surface area contributed by atoms with Crippen molar-refractivity contribution in [3.63, 3.8) is 0 Å². The fourth-order valence-corrected chi connectivity index (χ4v) is 2.06. The van der Waals surface area contributed by atoms with Gasteiger partial charge in [-0.05, 0) is 31.9 Å². The van der Waals surface area contributed by atoms with Crippen molar-refractivity contribution in [1.29, 1.82) is 0 Å². The molecule has 0 amide bonds. The molecule has 0 radical (unpaired) electrons. The zero-order chi connectivity index (χ0) is 18.5. The molecule has 142 valence electrons. The normalized spacial score (nSPS) is 12.1. The summed E-state index contributed by atoms with van der Waals surface area (Å²) < 4.78 is 49.1. The van der Waals surface area contributed by atoms with E-state index in [1.165, 1.54) is 18.2 Å². The van der Waals surface area contributed by atoms with Crippen LogP contribution in [0.3, 0.4) is 0 Å². The number of halogens is 3. The molecule has 0 unspecified atom stereocenters. The smallest absolute Gasteiger partial charge is 0.419 e. The summed E-state index contributed by atoms with van der Waals surface area (Å²) in [5.74, 6) is 0.416. The summed E-state index contributed by atoms with van der Waals surface area (Å²) in [6.45, 7) is 4.58. The van der Waals surface area contributed by atoms with Crippen molar-refractivity contribution in [2.75, 3.05) is 40.0 Å². The van der Waals surface area contributed by atoms with Gasteiger partial charge in [-0.15, -0.1) is 0 Å². The van der Waals surface area contributed by atoms with E-state index in [0.717, 1.165) is 32.1 Å². The Kier molecular flexibility index (Phi) is 9.76. The molecular formula is C17H26F3N3O2. The van der Waals surface area contributed by atoms with E-state index in [2.05, 4.69) is 15.6 Å². The van der Waals surface area contributed by atoms with Crippen molar-refractivity contribution in [2.24, 2.45) is 4.99 Å².